The number of nitrogens with one attached hydrogen (secondary N) is 2. The van der Waals surface area contributed by atoms with Crippen LogP contribution in [0.3, 0.4) is 0 Å². The fourth-order valence-electron chi connectivity index (χ4n) is 2.30. The molecule has 0 radical (unpaired) electrons. The van der Waals surface area contributed by atoms with Gasteiger partial charge in [0.25, 0.3) is 11.6 Å². The van der Waals surface area contributed by atoms with E-state index in [0.29, 0.717) is 24.0 Å². The number of hydrogen-bond donors (Lipinski definition) is 2. The van der Waals surface area contributed by atoms with E-state index in [-0.39, 0.29) is 17.2 Å². The summed E-state index contributed by atoms with van der Waals surface area (Å²) in [6.45, 7) is 3.18. The van der Waals surface area contributed by atoms with Crippen molar-refractivity contribution in [2.45, 2.75) is 25.0 Å². The molecule has 0 bridgehead atoms. The van der Waals surface area contributed by atoms with Gasteiger partial charge in [0.05, 0.1) is 4.92 Å². The molecule has 1 aliphatic heterocycles. The van der Waals surface area contributed by atoms with Gasteiger partial charge in [-0.25, -0.2) is 0 Å². The van der Waals surface area contributed by atoms with Crippen LogP contribution in [0, 0.1) is 10.1 Å². The minimum absolute atomic E-state index is 0.112. The van der Waals surface area contributed by atoms with E-state index < -0.39 is 4.92 Å². The second-order valence-electron chi connectivity index (χ2n) is 4.86. The minimum Gasteiger partial charge on any atom is -0.385 e. The van der Waals surface area contributed by atoms with Crippen molar-refractivity contribution >= 4 is 29.0 Å². The van der Waals surface area contributed by atoms with Gasteiger partial charge in [-0.05, 0) is 37.7 Å². The van der Waals surface area contributed by atoms with Crippen LogP contribution >= 0.6 is 11.8 Å². The number of nitro groups is 1. The highest BCUT2D eigenvalue weighted by atomic mass is 32.2. The summed E-state index contributed by atoms with van der Waals surface area (Å²) < 4.78 is 0. The lowest BCUT2D eigenvalue weighted by atomic mass is 10.1. The molecule has 1 fully saturated rings. The fraction of sp³-hybridized carbons (Fsp3) is 0.500. The number of carbonyl (C=O) groups is 1. The predicted octanol–water partition coefficient (Wildman–Crippen LogP) is 2.65. The lowest BCUT2D eigenvalue weighted by Gasteiger charge is -2.11. The molecule has 0 aromatic heterocycles. The molecule has 1 saturated heterocycles. The van der Waals surface area contributed by atoms with Gasteiger partial charge in [0, 0.05) is 30.1 Å². The molecule has 21 heavy (non-hydrogen) atoms. The lowest BCUT2D eigenvalue weighted by Crippen LogP contribution is -2.30. The topological polar surface area (TPSA) is 84.3 Å². The van der Waals surface area contributed by atoms with Gasteiger partial charge in [-0.3, -0.25) is 14.9 Å². The zero-order chi connectivity index (χ0) is 15.2. The Morgan fingerprint density at radius 3 is 2.95 bits per heavy atom. The second kappa shape index (κ2) is 7.31. The number of nitrogens with zero attached hydrogens (tertiary/aromatic N) is 1. The number of amides is 1. The second-order valence-corrected chi connectivity index (χ2v) is 6.27. The molecule has 7 heteroatoms. The number of rotatable bonds is 6. The Morgan fingerprint density at radius 2 is 2.33 bits per heavy atom. The van der Waals surface area contributed by atoms with Crippen LogP contribution < -0.4 is 10.6 Å². The standard InChI is InChI=1S/C14H19N3O3S/c1-2-15-10-5-6-13(17(19)20)12(8-10)14(18)16-9-11-4-3-7-21-11/h5-6,8,11,15H,2-4,7,9H2,1H3,(H,16,18). The molecule has 1 atom stereocenters. The average molecular weight is 309 g/mol. The highest BCUT2D eigenvalue weighted by Gasteiger charge is 2.22. The molecule has 114 valence electrons. The SMILES string of the molecule is CCNc1ccc([N+](=O)[O-])c(C(=O)NCC2CCCS2)c1. The lowest BCUT2D eigenvalue weighted by molar-refractivity contribution is -0.385. The van der Waals surface area contributed by atoms with Crippen LogP contribution in [0.4, 0.5) is 11.4 Å². The minimum atomic E-state index is -0.519. The molecule has 0 saturated carbocycles. The molecule has 2 N–H and O–H groups in total. The van der Waals surface area contributed by atoms with Crippen molar-refractivity contribution in [3.63, 3.8) is 0 Å². The van der Waals surface area contributed by atoms with Gasteiger partial charge in [0.15, 0.2) is 0 Å². The molecule has 1 heterocycles. The van der Waals surface area contributed by atoms with E-state index in [1.165, 1.54) is 12.5 Å². The van der Waals surface area contributed by atoms with Crippen molar-refractivity contribution < 1.29 is 9.72 Å². The monoisotopic (exact) mass is 309 g/mol. The molecule has 1 amide bonds. The van der Waals surface area contributed by atoms with Gasteiger partial charge in [-0.2, -0.15) is 11.8 Å². The summed E-state index contributed by atoms with van der Waals surface area (Å²) in [5, 5.41) is 17.4. The van der Waals surface area contributed by atoms with E-state index in [9.17, 15) is 14.9 Å². The Morgan fingerprint density at radius 1 is 1.52 bits per heavy atom. The maximum Gasteiger partial charge on any atom is 0.282 e. The van der Waals surface area contributed by atoms with Crippen molar-refractivity contribution in [2.24, 2.45) is 0 Å². The van der Waals surface area contributed by atoms with E-state index >= 15 is 0 Å². The Balaban J connectivity index is 2.12. The summed E-state index contributed by atoms with van der Waals surface area (Å²) >= 11 is 1.84. The third-order valence-corrected chi connectivity index (χ3v) is 4.73. The molecule has 1 aromatic carbocycles. The average Bonchev–Trinajstić information content (AvgIpc) is 2.98. The number of benzene rings is 1. The number of nitro benzene ring substituents is 1. The Hall–Kier alpha value is -1.76. The summed E-state index contributed by atoms with van der Waals surface area (Å²) in [4.78, 5) is 22.8. The van der Waals surface area contributed by atoms with Crippen LogP contribution in [0.15, 0.2) is 18.2 Å². The third kappa shape index (κ3) is 4.10. The summed E-state index contributed by atoms with van der Waals surface area (Å²) in [6, 6.07) is 4.53. The van der Waals surface area contributed by atoms with Crippen molar-refractivity contribution in [1.29, 1.82) is 0 Å². The van der Waals surface area contributed by atoms with Gasteiger partial charge < -0.3 is 10.6 Å². The van der Waals surface area contributed by atoms with Crippen LogP contribution in [0.2, 0.25) is 0 Å². The highest BCUT2D eigenvalue weighted by molar-refractivity contribution is 8.00. The van der Waals surface area contributed by atoms with Gasteiger partial charge in [-0.1, -0.05) is 0 Å². The zero-order valence-electron chi connectivity index (χ0n) is 11.9. The smallest absolute Gasteiger partial charge is 0.282 e. The molecular weight excluding hydrogens is 290 g/mol. The predicted molar refractivity (Wildman–Crippen MR) is 85.1 cm³/mol. The maximum atomic E-state index is 12.2. The molecule has 6 nitrogen and oxygen atoms in total. The summed E-state index contributed by atoms with van der Waals surface area (Å²) in [6.07, 6.45) is 2.26. The van der Waals surface area contributed by atoms with E-state index in [1.54, 1.807) is 12.1 Å². The zero-order valence-corrected chi connectivity index (χ0v) is 12.7. The number of hydrogen-bond acceptors (Lipinski definition) is 5. The Kier molecular flexibility index (Phi) is 5.44. The number of thioether (sulfide) groups is 1. The normalized spacial score (nSPS) is 17.5. The third-order valence-electron chi connectivity index (χ3n) is 3.33. The molecule has 1 aliphatic rings. The first-order chi connectivity index (χ1) is 10.1. The molecular formula is C14H19N3O3S. The van der Waals surface area contributed by atoms with Crippen molar-refractivity contribution in [3.8, 4) is 0 Å². The van der Waals surface area contributed by atoms with E-state index in [1.807, 2.05) is 18.7 Å². The molecule has 1 unspecified atom stereocenters. The highest BCUT2D eigenvalue weighted by Crippen LogP contribution is 2.26. The van der Waals surface area contributed by atoms with Gasteiger partial charge in [-0.15, -0.1) is 0 Å². The Bertz CT molecular complexity index is 530. The quantitative estimate of drug-likeness (QED) is 0.623. The van der Waals surface area contributed by atoms with Crippen LogP contribution in [0.5, 0.6) is 0 Å². The van der Waals surface area contributed by atoms with Crippen molar-refractivity contribution in [1.82, 2.24) is 5.32 Å². The molecule has 0 spiro atoms. The van der Waals surface area contributed by atoms with Crippen LogP contribution in [-0.4, -0.2) is 34.9 Å². The Labute approximate surface area is 127 Å². The van der Waals surface area contributed by atoms with E-state index in [2.05, 4.69) is 10.6 Å². The van der Waals surface area contributed by atoms with Crippen LogP contribution in [0.25, 0.3) is 0 Å². The fourth-order valence-corrected chi connectivity index (χ4v) is 3.50. The number of anilines is 1. The van der Waals surface area contributed by atoms with Crippen molar-refractivity contribution in [3.05, 3.63) is 33.9 Å². The van der Waals surface area contributed by atoms with E-state index in [0.717, 1.165) is 12.2 Å². The summed E-state index contributed by atoms with van der Waals surface area (Å²) in [5.74, 6) is 0.741. The summed E-state index contributed by atoms with van der Waals surface area (Å²) in [5.41, 5.74) is 0.665. The first-order valence-corrected chi connectivity index (χ1v) is 8.08. The van der Waals surface area contributed by atoms with Crippen LogP contribution in [0.1, 0.15) is 30.1 Å². The van der Waals surface area contributed by atoms with Gasteiger partial charge in [0.1, 0.15) is 5.56 Å². The van der Waals surface area contributed by atoms with Gasteiger partial charge in [0.2, 0.25) is 0 Å². The largest absolute Gasteiger partial charge is 0.385 e. The van der Waals surface area contributed by atoms with E-state index in [4.69, 9.17) is 0 Å². The molecule has 1 aromatic rings. The van der Waals surface area contributed by atoms with Crippen LogP contribution in [-0.2, 0) is 0 Å². The first-order valence-electron chi connectivity index (χ1n) is 7.04. The molecule has 0 aliphatic carbocycles. The van der Waals surface area contributed by atoms with Gasteiger partial charge >= 0.3 is 0 Å². The summed E-state index contributed by atoms with van der Waals surface area (Å²) in [7, 11) is 0. The molecule has 2 rings (SSSR count). The number of carbonyl (C=O) groups excluding carboxylic acids is 1. The first kappa shape index (κ1) is 15.6. The van der Waals surface area contributed by atoms with Crippen molar-refractivity contribution in [2.75, 3.05) is 24.2 Å². The maximum absolute atomic E-state index is 12.2.